The Morgan fingerprint density at radius 2 is 2.15 bits per heavy atom. The van der Waals surface area contributed by atoms with Crippen LogP contribution < -0.4 is 5.32 Å². The Morgan fingerprint density at radius 1 is 1.50 bits per heavy atom. The molecule has 1 amide bonds. The number of carbonyl (C=O) groups excluding carboxylic acids is 1. The summed E-state index contributed by atoms with van der Waals surface area (Å²) < 4.78 is 26.8. The highest BCUT2D eigenvalue weighted by Gasteiger charge is 2.25. The summed E-state index contributed by atoms with van der Waals surface area (Å²) in [5.74, 6) is -1.24. The highest BCUT2D eigenvalue weighted by molar-refractivity contribution is 7.99. The molecule has 2 N–H and O–H groups in total. The maximum Gasteiger partial charge on any atom is 0.313 e. The number of halogens is 2. The van der Waals surface area contributed by atoms with Gasteiger partial charge in [0.25, 0.3) is 12.3 Å². The minimum Gasteiger partial charge on any atom is -0.481 e. The predicted molar refractivity (Wildman–Crippen MR) is 70.2 cm³/mol. The number of aliphatic carboxylic acids is 1. The monoisotopic (exact) mass is 307 g/mol. The summed E-state index contributed by atoms with van der Waals surface area (Å²) in [6.07, 6.45) is -2.82. The van der Waals surface area contributed by atoms with Crippen LogP contribution in [-0.4, -0.2) is 44.8 Å². The molecule has 0 aliphatic heterocycles. The van der Waals surface area contributed by atoms with Gasteiger partial charge in [0.15, 0.2) is 0 Å². The van der Waals surface area contributed by atoms with Gasteiger partial charge in [0, 0.05) is 25.0 Å². The summed E-state index contributed by atoms with van der Waals surface area (Å²) in [4.78, 5) is 22.2. The van der Waals surface area contributed by atoms with E-state index in [1.54, 1.807) is 0 Å². The van der Waals surface area contributed by atoms with E-state index in [4.69, 9.17) is 5.11 Å². The van der Waals surface area contributed by atoms with Crippen molar-refractivity contribution in [1.82, 2.24) is 15.1 Å². The second-order valence-electron chi connectivity index (χ2n) is 3.97. The summed E-state index contributed by atoms with van der Waals surface area (Å²) in [7, 11) is 1.49. The van der Waals surface area contributed by atoms with Crippen molar-refractivity contribution in [3.8, 4) is 0 Å². The van der Waals surface area contributed by atoms with Crippen molar-refractivity contribution < 1.29 is 23.5 Å². The number of alkyl halides is 2. The molecule has 0 unspecified atom stereocenters. The molecule has 0 fully saturated rings. The Morgan fingerprint density at radius 3 is 2.70 bits per heavy atom. The number of aromatic nitrogens is 2. The summed E-state index contributed by atoms with van der Waals surface area (Å²) in [6.45, 7) is 1.74. The number of nitrogens with zero attached hydrogens (tertiary/aromatic N) is 2. The molecular formula is C11H15F2N3O3S. The Bertz CT molecular complexity index is 505. The maximum absolute atomic E-state index is 12.8. The number of hydrogen-bond donors (Lipinski definition) is 2. The maximum atomic E-state index is 12.8. The summed E-state index contributed by atoms with van der Waals surface area (Å²) in [5.41, 5.74) is -0.303. The minimum absolute atomic E-state index is 0.0654. The number of nitrogens with one attached hydrogen (secondary N) is 1. The normalized spacial score (nSPS) is 10.8. The van der Waals surface area contributed by atoms with Gasteiger partial charge in [-0.2, -0.15) is 5.10 Å². The summed E-state index contributed by atoms with van der Waals surface area (Å²) in [6, 6.07) is 0. The molecule has 112 valence electrons. The van der Waals surface area contributed by atoms with Gasteiger partial charge in [-0.1, -0.05) is 0 Å². The van der Waals surface area contributed by atoms with E-state index in [1.807, 2.05) is 0 Å². The van der Waals surface area contributed by atoms with Gasteiger partial charge >= 0.3 is 5.97 Å². The van der Waals surface area contributed by atoms with E-state index in [9.17, 15) is 18.4 Å². The zero-order valence-corrected chi connectivity index (χ0v) is 11.8. The van der Waals surface area contributed by atoms with Crippen LogP contribution in [0.3, 0.4) is 0 Å². The van der Waals surface area contributed by atoms with Crippen molar-refractivity contribution in [3.63, 3.8) is 0 Å². The van der Waals surface area contributed by atoms with Crippen LogP contribution in [0.15, 0.2) is 0 Å². The molecular weight excluding hydrogens is 292 g/mol. The molecule has 1 aromatic heterocycles. The fourth-order valence-electron chi connectivity index (χ4n) is 1.55. The van der Waals surface area contributed by atoms with Crippen molar-refractivity contribution in [2.45, 2.75) is 13.3 Å². The first-order chi connectivity index (χ1) is 9.34. The van der Waals surface area contributed by atoms with Crippen molar-refractivity contribution in [3.05, 3.63) is 17.0 Å². The molecule has 0 saturated carbocycles. The van der Waals surface area contributed by atoms with Crippen molar-refractivity contribution >= 4 is 23.6 Å². The fraction of sp³-hybridized carbons (Fsp3) is 0.545. The fourth-order valence-corrected chi connectivity index (χ4v) is 2.12. The lowest BCUT2D eigenvalue weighted by Gasteiger charge is -2.06. The Balaban J connectivity index is 2.61. The molecule has 0 aliphatic rings. The molecule has 0 radical (unpaired) electrons. The standard InChI is InChI=1S/C11H15F2N3O3S/c1-6-8(9(10(12)13)15-16(6)2)11(19)14-3-4-20-5-7(17)18/h10H,3-5H2,1-2H3,(H,14,19)(H,17,18). The van der Waals surface area contributed by atoms with E-state index < -0.39 is 24.0 Å². The third-order valence-electron chi connectivity index (χ3n) is 2.55. The number of carboxylic acid groups (broad SMARTS) is 1. The number of carbonyl (C=O) groups is 2. The van der Waals surface area contributed by atoms with Crippen LogP contribution in [0.5, 0.6) is 0 Å². The van der Waals surface area contributed by atoms with Crippen LogP contribution in [0.4, 0.5) is 8.78 Å². The van der Waals surface area contributed by atoms with Crippen molar-refractivity contribution in [2.24, 2.45) is 7.05 Å². The first kappa shape index (κ1) is 16.4. The molecule has 0 spiro atoms. The molecule has 0 aromatic carbocycles. The molecule has 1 aromatic rings. The highest BCUT2D eigenvalue weighted by Crippen LogP contribution is 2.23. The first-order valence-corrected chi connectivity index (χ1v) is 6.89. The Hall–Kier alpha value is -1.64. The van der Waals surface area contributed by atoms with Gasteiger partial charge in [0.05, 0.1) is 11.3 Å². The van der Waals surface area contributed by atoms with Crippen LogP contribution in [-0.2, 0) is 11.8 Å². The number of rotatable bonds is 7. The average Bonchev–Trinajstić information content (AvgIpc) is 2.65. The zero-order valence-electron chi connectivity index (χ0n) is 11.0. The average molecular weight is 307 g/mol. The molecule has 0 aliphatic carbocycles. The second kappa shape index (κ2) is 7.22. The van der Waals surface area contributed by atoms with Gasteiger partial charge in [0.2, 0.25) is 0 Å². The van der Waals surface area contributed by atoms with Crippen LogP contribution >= 0.6 is 11.8 Å². The number of thioether (sulfide) groups is 1. The lowest BCUT2D eigenvalue weighted by molar-refractivity contribution is -0.133. The van der Waals surface area contributed by atoms with Crippen molar-refractivity contribution in [1.29, 1.82) is 0 Å². The summed E-state index contributed by atoms with van der Waals surface area (Å²) in [5, 5.41) is 14.5. The van der Waals surface area contributed by atoms with Crippen LogP contribution in [0.2, 0.25) is 0 Å². The molecule has 6 nitrogen and oxygen atoms in total. The molecule has 20 heavy (non-hydrogen) atoms. The molecule has 0 saturated heterocycles. The number of amides is 1. The third-order valence-corrected chi connectivity index (χ3v) is 3.50. The van der Waals surface area contributed by atoms with Crippen molar-refractivity contribution in [2.75, 3.05) is 18.1 Å². The number of aryl methyl sites for hydroxylation is 1. The molecule has 1 rings (SSSR count). The Kier molecular flexibility index (Phi) is 5.93. The second-order valence-corrected chi connectivity index (χ2v) is 5.08. The van der Waals surface area contributed by atoms with Gasteiger partial charge in [0.1, 0.15) is 5.69 Å². The van der Waals surface area contributed by atoms with E-state index in [0.717, 1.165) is 11.8 Å². The third kappa shape index (κ3) is 4.19. The van der Waals surface area contributed by atoms with Gasteiger partial charge in [-0.25, -0.2) is 8.78 Å². The number of hydrogen-bond acceptors (Lipinski definition) is 4. The zero-order chi connectivity index (χ0) is 15.3. The molecule has 0 bridgehead atoms. The molecule has 9 heteroatoms. The van der Waals surface area contributed by atoms with Gasteiger partial charge in [-0.3, -0.25) is 14.3 Å². The number of carboxylic acids is 1. The van der Waals surface area contributed by atoms with E-state index >= 15 is 0 Å². The van der Waals surface area contributed by atoms with E-state index in [1.165, 1.54) is 18.7 Å². The minimum atomic E-state index is -2.82. The smallest absolute Gasteiger partial charge is 0.313 e. The quantitative estimate of drug-likeness (QED) is 0.740. The Labute approximate surface area is 118 Å². The molecule has 1 heterocycles. The van der Waals surface area contributed by atoms with Gasteiger partial charge < -0.3 is 10.4 Å². The highest BCUT2D eigenvalue weighted by atomic mass is 32.2. The van der Waals surface area contributed by atoms with Crippen LogP contribution in [0.1, 0.15) is 28.2 Å². The summed E-state index contributed by atoms with van der Waals surface area (Å²) >= 11 is 1.14. The predicted octanol–water partition coefficient (Wildman–Crippen LogP) is 1.21. The van der Waals surface area contributed by atoms with E-state index in [-0.39, 0.29) is 17.9 Å². The first-order valence-electron chi connectivity index (χ1n) is 5.74. The van der Waals surface area contributed by atoms with Crippen LogP contribution in [0.25, 0.3) is 0 Å². The lowest BCUT2D eigenvalue weighted by atomic mass is 10.1. The van der Waals surface area contributed by atoms with Gasteiger partial charge in [-0.05, 0) is 6.92 Å². The SMILES string of the molecule is Cc1c(C(=O)NCCSCC(=O)O)c(C(F)F)nn1C. The topological polar surface area (TPSA) is 84.2 Å². The van der Waals surface area contributed by atoms with E-state index in [2.05, 4.69) is 10.4 Å². The van der Waals surface area contributed by atoms with E-state index in [0.29, 0.717) is 11.4 Å². The molecule has 0 atom stereocenters. The lowest BCUT2D eigenvalue weighted by Crippen LogP contribution is -2.27. The van der Waals surface area contributed by atoms with Crippen LogP contribution in [0, 0.1) is 6.92 Å². The largest absolute Gasteiger partial charge is 0.481 e. The van der Waals surface area contributed by atoms with Gasteiger partial charge in [-0.15, -0.1) is 11.8 Å².